The topological polar surface area (TPSA) is 104 Å². The smallest absolute Gasteiger partial charge is 0.293 e. The highest BCUT2D eigenvalue weighted by Gasteiger charge is 2.29. The number of nitrogens with one attached hydrogen (secondary N) is 2. The molecule has 0 aliphatic rings. The number of benzene rings is 1. The predicted octanol–water partition coefficient (Wildman–Crippen LogP) is -0.163. The second-order valence-corrected chi connectivity index (χ2v) is 4.05. The molecule has 0 bridgehead atoms. The van der Waals surface area contributed by atoms with E-state index in [2.05, 4.69) is 25.9 Å². The van der Waals surface area contributed by atoms with E-state index in [1.54, 1.807) is 6.92 Å². The van der Waals surface area contributed by atoms with Gasteiger partial charge >= 0.3 is 0 Å². The number of hydrogen-bond donors (Lipinski definition) is 3. The normalized spacial score (nSPS) is 13.9. The zero-order chi connectivity index (χ0) is 13.0. The van der Waals surface area contributed by atoms with Crippen molar-refractivity contribution in [3.63, 3.8) is 0 Å². The van der Waals surface area contributed by atoms with Gasteiger partial charge in [0, 0.05) is 0 Å². The summed E-state index contributed by atoms with van der Waals surface area (Å²) < 4.78 is 0. The lowest BCUT2D eigenvalue weighted by molar-refractivity contribution is 0.0839. The van der Waals surface area contributed by atoms with Crippen LogP contribution < -0.4 is 5.32 Å². The Hall–Kier alpha value is -2.28. The van der Waals surface area contributed by atoms with Crippen molar-refractivity contribution in [1.82, 2.24) is 25.9 Å². The molecule has 0 aliphatic carbocycles. The van der Waals surface area contributed by atoms with Gasteiger partial charge in [0.1, 0.15) is 0 Å². The van der Waals surface area contributed by atoms with Gasteiger partial charge in [0.2, 0.25) is 0 Å². The third-order valence-corrected chi connectivity index (χ3v) is 2.67. The second kappa shape index (κ2) is 4.92. The molecule has 18 heavy (non-hydrogen) atoms. The third-order valence-electron chi connectivity index (χ3n) is 2.67. The van der Waals surface area contributed by atoms with Gasteiger partial charge in [0.15, 0.2) is 0 Å². The molecule has 1 heterocycles. The zero-order valence-electron chi connectivity index (χ0n) is 9.79. The molecule has 0 saturated heterocycles. The van der Waals surface area contributed by atoms with Crippen LogP contribution in [-0.2, 0) is 5.54 Å². The summed E-state index contributed by atoms with van der Waals surface area (Å²) in [5, 5.41) is 24.9. The fraction of sp³-hybridized carbons (Fsp3) is 0.273. The standard InChI is InChI=1S/C11H13N5O2/c1-11(7-17,8-5-3-2-4-6-8)12-10(18)9-13-15-16-14-9/h2-6,17H,7H2,1H3,(H,12,18)(H,13,14,15,16). The Morgan fingerprint density at radius 1 is 1.44 bits per heavy atom. The number of nitrogens with zero attached hydrogens (tertiary/aromatic N) is 3. The highest BCUT2D eigenvalue weighted by atomic mass is 16.3. The molecule has 2 rings (SSSR count). The molecule has 2 aromatic rings. The van der Waals surface area contributed by atoms with E-state index in [9.17, 15) is 9.90 Å². The maximum atomic E-state index is 11.8. The van der Waals surface area contributed by atoms with E-state index in [0.717, 1.165) is 5.56 Å². The van der Waals surface area contributed by atoms with Gasteiger partial charge in [-0.3, -0.25) is 4.79 Å². The minimum Gasteiger partial charge on any atom is -0.394 e. The van der Waals surface area contributed by atoms with Crippen molar-refractivity contribution >= 4 is 5.91 Å². The predicted molar refractivity (Wildman–Crippen MR) is 62.5 cm³/mol. The summed E-state index contributed by atoms with van der Waals surface area (Å²) in [6.45, 7) is 1.49. The van der Waals surface area contributed by atoms with Crippen LogP contribution in [0.2, 0.25) is 0 Å². The molecule has 0 aliphatic heterocycles. The summed E-state index contributed by atoms with van der Waals surface area (Å²) in [5.41, 5.74) is -0.0942. The van der Waals surface area contributed by atoms with Crippen LogP contribution in [0, 0.1) is 0 Å². The highest BCUT2D eigenvalue weighted by molar-refractivity contribution is 5.90. The number of aliphatic hydroxyl groups excluding tert-OH is 1. The summed E-state index contributed by atoms with van der Waals surface area (Å²) >= 11 is 0. The Kier molecular flexibility index (Phi) is 3.33. The van der Waals surface area contributed by atoms with Crippen LogP contribution in [0.4, 0.5) is 0 Å². The Bertz CT molecular complexity index is 513. The van der Waals surface area contributed by atoms with Crippen molar-refractivity contribution in [1.29, 1.82) is 0 Å². The third kappa shape index (κ3) is 2.35. The number of carbonyl (C=O) groups is 1. The Balaban J connectivity index is 2.21. The van der Waals surface area contributed by atoms with E-state index in [1.165, 1.54) is 0 Å². The number of carbonyl (C=O) groups excluding carboxylic acids is 1. The first-order valence-electron chi connectivity index (χ1n) is 5.38. The first-order valence-corrected chi connectivity index (χ1v) is 5.38. The number of rotatable bonds is 4. The largest absolute Gasteiger partial charge is 0.394 e. The van der Waals surface area contributed by atoms with Crippen LogP contribution in [-0.4, -0.2) is 38.2 Å². The summed E-state index contributed by atoms with van der Waals surface area (Å²) in [4.78, 5) is 11.8. The fourth-order valence-electron chi connectivity index (χ4n) is 1.57. The first-order chi connectivity index (χ1) is 8.65. The maximum absolute atomic E-state index is 11.8. The lowest BCUT2D eigenvalue weighted by Gasteiger charge is -2.28. The lowest BCUT2D eigenvalue weighted by Crippen LogP contribution is -2.46. The lowest BCUT2D eigenvalue weighted by atomic mass is 9.93. The molecule has 1 unspecified atom stereocenters. The minimum atomic E-state index is -0.890. The van der Waals surface area contributed by atoms with Crippen molar-refractivity contribution < 1.29 is 9.90 Å². The summed E-state index contributed by atoms with van der Waals surface area (Å²) in [7, 11) is 0. The van der Waals surface area contributed by atoms with Crippen molar-refractivity contribution in [2.45, 2.75) is 12.5 Å². The van der Waals surface area contributed by atoms with Gasteiger partial charge in [-0.2, -0.15) is 5.21 Å². The number of aromatic nitrogens is 4. The van der Waals surface area contributed by atoms with Crippen LogP contribution in [0.25, 0.3) is 0 Å². The molecule has 0 saturated carbocycles. The quantitative estimate of drug-likeness (QED) is 0.696. The average molecular weight is 247 g/mol. The Labute approximate surface area is 103 Å². The maximum Gasteiger partial charge on any atom is 0.293 e. The van der Waals surface area contributed by atoms with Gasteiger partial charge in [0.25, 0.3) is 11.7 Å². The minimum absolute atomic E-state index is 0.0643. The molecule has 7 heteroatoms. The van der Waals surface area contributed by atoms with Crippen molar-refractivity contribution in [2.75, 3.05) is 6.61 Å². The first kappa shape index (κ1) is 12.2. The van der Waals surface area contributed by atoms with Crippen molar-refractivity contribution in [3.05, 3.63) is 41.7 Å². The fourth-order valence-corrected chi connectivity index (χ4v) is 1.57. The molecule has 94 valence electrons. The van der Waals surface area contributed by atoms with Gasteiger partial charge in [-0.25, -0.2) is 0 Å². The van der Waals surface area contributed by atoms with E-state index in [1.807, 2.05) is 30.3 Å². The van der Waals surface area contributed by atoms with Gasteiger partial charge in [-0.05, 0) is 17.7 Å². The molecule has 1 aromatic heterocycles. The summed E-state index contributed by atoms with van der Waals surface area (Å²) in [5.74, 6) is -0.560. The van der Waals surface area contributed by atoms with Crippen LogP contribution in [0.15, 0.2) is 30.3 Å². The number of tetrazole rings is 1. The van der Waals surface area contributed by atoms with E-state index in [4.69, 9.17) is 0 Å². The molecule has 3 N–H and O–H groups in total. The SMILES string of the molecule is CC(CO)(NC(=O)c1nn[nH]n1)c1ccccc1. The molecule has 1 amide bonds. The van der Waals surface area contributed by atoms with Gasteiger partial charge in [-0.1, -0.05) is 30.3 Å². The zero-order valence-corrected chi connectivity index (χ0v) is 9.79. The summed E-state index contributed by atoms with van der Waals surface area (Å²) in [6, 6.07) is 9.19. The van der Waals surface area contributed by atoms with Gasteiger partial charge < -0.3 is 10.4 Å². The van der Waals surface area contributed by atoms with Crippen LogP contribution >= 0.6 is 0 Å². The number of aliphatic hydroxyl groups is 1. The second-order valence-electron chi connectivity index (χ2n) is 4.05. The van der Waals surface area contributed by atoms with E-state index < -0.39 is 11.4 Å². The molecule has 0 radical (unpaired) electrons. The highest BCUT2D eigenvalue weighted by Crippen LogP contribution is 2.19. The molecular weight excluding hydrogens is 234 g/mol. The number of amides is 1. The molecular formula is C11H13N5O2. The Morgan fingerprint density at radius 3 is 2.72 bits per heavy atom. The number of aromatic amines is 1. The van der Waals surface area contributed by atoms with Crippen LogP contribution in [0.1, 0.15) is 23.1 Å². The van der Waals surface area contributed by atoms with E-state index in [-0.39, 0.29) is 12.4 Å². The van der Waals surface area contributed by atoms with Gasteiger partial charge in [-0.15, -0.1) is 10.2 Å². The molecule has 0 spiro atoms. The molecule has 7 nitrogen and oxygen atoms in total. The molecule has 1 aromatic carbocycles. The van der Waals surface area contributed by atoms with E-state index in [0.29, 0.717) is 0 Å². The number of H-pyrrole nitrogens is 1. The van der Waals surface area contributed by atoms with E-state index >= 15 is 0 Å². The average Bonchev–Trinajstić information content (AvgIpc) is 2.93. The molecule has 1 atom stereocenters. The number of hydrogen-bond acceptors (Lipinski definition) is 5. The monoisotopic (exact) mass is 247 g/mol. The van der Waals surface area contributed by atoms with Crippen LogP contribution in [0.3, 0.4) is 0 Å². The van der Waals surface area contributed by atoms with Crippen molar-refractivity contribution in [3.8, 4) is 0 Å². The Morgan fingerprint density at radius 2 is 2.17 bits per heavy atom. The van der Waals surface area contributed by atoms with Crippen LogP contribution in [0.5, 0.6) is 0 Å². The van der Waals surface area contributed by atoms with Gasteiger partial charge in [0.05, 0.1) is 12.1 Å². The van der Waals surface area contributed by atoms with Crippen molar-refractivity contribution in [2.24, 2.45) is 0 Å². The summed E-state index contributed by atoms with van der Waals surface area (Å²) in [6.07, 6.45) is 0. The molecule has 0 fully saturated rings.